The third-order valence-electron chi connectivity index (χ3n) is 13.6. The van der Waals surface area contributed by atoms with E-state index in [1.807, 2.05) is 11.3 Å². The van der Waals surface area contributed by atoms with E-state index in [4.69, 9.17) is 0 Å². The number of hydrogen-bond acceptors (Lipinski definition) is 1. The van der Waals surface area contributed by atoms with Gasteiger partial charge in [0.1, 0.15) is 0 Å². The molecule has 0 saturated heterocycles. The van der Waals surface area contributed by atoms with Crippen molar-refractivity contribution in [3.63, 3.8) is 0 Å². The monoisotopic (exact) mass is 866 g/mol. The molecule has 0 amide bonds. The Morgan fingerprint density at radius 1 is 0.179 bits per heavy atom. The van der Waals surface area contributed by atoms with Crippen molar-refractivity contribution in [1.82, 2.24) is 0 Å². The molecule has 0 radical (unpaired) electrons. The Hall–Kier alpha value is -8.36. The van der Waals surface area contributed by atoms with Crippen molar-refractivity contribution in [2.75, 3.05) is 0 Å². The third-order valence-corrected chi connectivity index (χ3v) is 14.8. The molecule has 13 aromatic rings. The van der Waals surface area contributed by atoms with Crippen molar-refractivity contribution in [3.8, 4) is 77.9 Å². The van der Waals surface area contributed by atoms with Crippen LogP contribution in [-0.2, 0) is 0 Å². The molecule has 0 aliphatic carbocycles. The van der Waals surface area contributed by atoms with E-state index in [1.165, 1.54) is 130 Å². The fourth-order valence-electron chi connectivity index (χ4n) is 10.3. The molecule has 0 saturated carbocycles. The molecule has 0 atom stereocenters. The molecule has 312 valence electrons. The summed E-state index contributed by atoms with van der Waals surface area (Å²) in [5.41, 5.74) is 17.1. The van der Waals surface area contributed by atoms with Crippen molar-refractivity contribution in [2.24, 2.45) is 0 Å². The summed E-state index contributed by atoms with van der Waals surface area (Å²) in [4.78, 5) is 0. The predicted molar refractivity (Wildman–Crippen MR) is 290 cm³/mol. The molecule has 1 aromatic heterocycles. The maximum absolute atomic E-state index is 2.38. The van der Waals surface area contributed by atoms with Gasteiger partial charge in [0.05, 0.1) is 0 Å². The summed E-state index contributed by atoms with van der Waals surface area (Å²) in [6.45, 7) is 0. The minimum Gasteiger partial charge on any atom is -0.135 e. The summed E-state index contributed by atoms with van der Waals surface area (Å²) in [5, 5.41) is 10.4. The van der Waals surface area contributed by atoms with E-state index in [2.05, 4.69) is 255 Å². The number of fused-ring (bicyclic) bond motifs is 9. The first-order valence-electron chi connectivity index (χ1n) is 23.1. The highest BCUT2D eigenvalue weighted by Gasteiger charge is 2.14. The third kappa shape index (κ3) is 7.00. The van der Waals surface area contributed by atoms with Gasteiger partial charge in [-0.3, -0.25) is 0 Å². The van der Waals surface area contributed by atoms with Crippen LogP contribution in [0.5, 0.6) is 0 Å². The molecule has 0 N–H and O–H groups in total. The van der Waals surface area contributed by atoms with Crippen LogP contribution in [0.3, 0.4) is 0 Å². The Morgan fingerprint density at radius 3 is 1.01 bits per heavy atom. The van der Waals surface area contributed by atoms with Crippen LogP contribution in [0.4, 0.5) is 0 Å². The Kier molecular flexibility index (Phi) is 9.48. The van der Waals surface area contributed by atoms with E-state index in [9.17, 15) is 0 Å². The molecule has 0 aliphatic rings. The largest absolute Gasteiger partial charge is 0.135 e. The maximum atomic E-state index is 2.38. The molecule has 67 heavy (non-hydrogen) atoms. The molecule has 0 spiro atoms. The van der Waals surface area contributed by atoms with Gasteiger partial charge in [0.25, 0.3) is 0 Å². The van der Waals surface area contributed by atoms with Crippen molar-refractivity contribution in [1.29, 1.82) is 0 Å². The SMILES string of the molecule is c1ccc(-c2cccc(-c3cccc4c3sc3cc(-c5cccc(-c6cccc(-c7cccc(-c8cccc(-c9ccc%10c%11ccccc%11c%11ccccc%11c%10c9)c8)c7)c6)c5)ccc34)c2)cc1. The van der Waals surface area contributed by atoms with Gasteiger partial charge < -0.3 is 0 Å². The van der Waals surface area contributed by atoms with Crippen LogP contribution >= 0.6 is 11.3 Å². The lowest BCUT2D eigenvalue weighted by atomic mass is 9.91. The number of hydrogen-bond donors (Lipinski definition) is 0. The average molecular weight is 867 g/mol. The Bertz CT molecular complexity index is 4000. The highest BCUT2D eigenvalue weighted by Crippen LogP contribution is 2.43. The summed E-state index contributed by atoms with van der Waals surface area (Å²) in [6.07, 6.45) is 0. The standard InChI is InChI=1S/C66H42S/c1-2-14-43(15-3-1)44-16-12-25-55(40-44)56-30-13-31-63-62-35-33-54(42-65(62)67-66(56)63)52-24-11-22-50(39-52)48-20-9-18-46(37-48)45-17-8-19-47(36-45)49-21-10-23-51(38-49)53-32-34-61-59-28-5-4-26-57(59)58-27-6-7-29-60(58)64(61)41-53/h1-42H. The quantitative estimate of drug-likeness (QED) is 0.140. The van der Waals surface area contributed by atoms with E-state index in [1.54, 1.807) is 0 Å². The minimum atomic E-state index is 1.20. The van der Waals surface area contributed by atoms with Gasteiger partial charge in [0.2, 0.25) is 0 Å². The van der Waals surface area contributed by atoms with Crippen LogP contribution in [0.25, 0.3) is 130 Å². The Morgan fingerprint density at radius 2 is 0.507 bits per heavy atom. The highest BCUT2D eigenvalue weighted by molar-refractivity contribution is 7.26. The number of thiophene rings is 1. The summed E-state index contributed by atoms with van der Waals surface area (Å²) in [6, 6.07) is 93.8. The second-order valence-electron chi connectivity index (χ2n) is 17.6. The van der Waals surface area contributed by atoms with E-state index in [-0.39, 0.29) is 0 Å². The number of rotatable bonds is 7. The van der Waals surface area contributed by atoms with Gasteiger partial charge in [0.15, 0.2) is 0 Å². The molecule has 12 aromatic carbocycles. The zero-order valence-electron chi connectivity index (χ0n) is 36.7. The minimum absolute atomic E-state index is 1.20. The van der Waals surface area contributed by atoms with E-state index < -0.39 is 0 Å². The summed E-state index contributed by atoms with van der Waals surface area (Å²) in [5.74, 6) is 0. The zero-order chi connectivity index (χ0) is 44.3. The molecule has 0 fully saturated rings. The first-order valence-corrected chi connectivity index (χ1v) is 23.9. The number of benzene rings is 12. The van der Waals surface area contributed by atoms with Crippen molar-refractivity contribution < 1.29 is 0 Å². The highest BCUT2D eigenvalue weighted by atomic mass is 32.1. The lowest BCUT2D eigenvalue weighted by Gasteiger charge is -2.13. The van der Waals surface area contributed by atoms with Gasteiger partial charge in [0, 0.05) is 20.2 Å². The molecular formula is C66H42S. The lowest BCUT2D eigenvalue weighted by Crippen LogP contribution is -1.86. The van der Waals surface area contributed by atoms with E-state index in [0.717, 1.165) is 0 Å². The Labute approximate surface area is 394 Å². The Balaban J connectivity index is 0.799. The van der Waals surface area contributed by atoms with Gasteiger partial charge in [-0.1, -0.05) is 212 Å². The van der Waals surface area contributed by atoms with Crippen molar-refractivity contribution in [2.45, 2.75) is 0 Å². The van der Waals surface area contributed by atoms with Crippen LogP contribution in [0.15, 0.2) is 255 Å². The van der Waals surface area contributed by atoms with Gasteiger partial charge >= 0.3 is 0 Å². The molecule has 0 aliphatic heterocycles. The van der Waals surface area contributed by atoms with Gasteiger partial charge in [-0.25, -0.2) is 0 Å². The average Bonchev–Trinajstić information content (AvgIpc) is 3.80. The van der Waals surface area contributed by atoms with Gasteiger partial charge in [-0.15, -0.1) is 11.3 Å². The van der Waals surface area contributed by atoms with Crippen molar-refractivity contribution >= 4 is 63.8 Å². The molecule has 13 rings (SSSR count). The van der Waals surface area contributed by atoms with Gasteiger partial charge in [-0.2, -0.15) is 0 Å². The lowest BCUT2D eigenvalue weighted by molar-refractivity contribution is 1.56. The van der Waals surface area contributed by atoms with E-state index >= 15 is 0 Å². The van der Waals surface area contributed by atoms with Crippen LogP contribution in [0.1, 0.15) is 0 Å². The van der Waals surface area contributed by atoms with Crippen LogP contribution in [-0.4, -0.2) is 0 Å². The summed E-state index contributed by atoms with van der Waals surface area (Å²) >= 11 is 1.89. The van der Waals surface area contributed by atoms with Gasteiger partial charge in [-0.05, 0) is 153 Å². The fraction of sp³-hybridized carbons (Fsp3) is 0. The van der Waals surface area contributed by atoms with Crippen LogP contribution in [0, 0.1) is 0 Å². The van der Waals surface area contributed by atoms with Crippen LogP contribution in [0.2, 0.25) is 0 Å². The second-order valence-corrected chi connectivity index (χ2v) is 18.7. The molecule has 0 unspecified atom stereocenters. The molecular weight excluding hydrogens is 825 g/mol. The van der Waals surface area contributed by atoms with Crippen molar-refractivity contribution in [3.05, 3.63) is 255 Å². The smallest absolute Gasteiger partial charge is 0.0433 e. The zero-order valence-corrected chi connectivity index (χ0v) is 37.5. The van der Waals surface area contributed by atoms with E-state index in [0.29, 0.717) is 0 Å². The molecule has 0 nitrogen and oxygen atoms in total. The fourth-order valence-corrected chi connectivity index (χ4v) is 11.6. The van der Waals surface area contributed by atoms with Crippen LogP contribution < -0.4 is 0 Å². The normalized spacial score (nSPS) is 11.6. The maximum Gasteiger partial charge on any atom is 0.0433 e. The predicted octanol–water partition coefficient (Wildman–Crippen LogP) is 19.2. The summed E-state index contributed by atoms with van der Waals surface area (Å²) in [7, 11) is 0. The second kappa shape index (κ2) is 16.3. The molecule has 1 heterocycles. The first kappa shape index (κ1) is 39.0. The first-order chi connectivity index (χ1) is 33.2. The molecule has 0 bridgehead atoms. The molecule has 1 heteroatoms. The topological polar surface area (TPSA) is 0 Å². The summed E-state index contributed by atoms with van der Waals surface area (Å²) < 4.78 is 2.63.